The third kappa shape index (κ3) is 7.03. The number of hydrazine groups is 1. The molecule has 7 heteroatoms. The second-order valence-corrected chi connectivity index (χ2v) is 7.45. The number of amides is 2. The first-order valence-electron chi connectivity index (χ1n) is 9.27. The second kappa shape index (κ2) is 9.82. The van der Waals surface area contributed by atoms with E-state index in [1.807, 2.05) is 42.5 Å². The van der Waals surface area contributed by atoms with Crippen LogP contribution >= 0.6 is 0 Å². The number of hydrogen-bond acceptors (Lipinski definition) is 5. The first-order valence-corrected chi connectivity index (χ1v) is 9.27. The number of benzene rings is 2. The number of carbonyl (C=O) groups is 2. The molecule has 0 spiro atoms. The van der Waals surface area contributed by atoms with Gasteiger partial charge in [0, 0.05) is 7.05 Å². The maximum absolute atomic E-state index is 12.8. The molecule has 0 aliphatic rings. The average molecular weight is 400 g/mol. The Labute approximate surface area is 171 Å². The highest BCUT2D eigenvalue weighted by Crippen LogP contribution is 2.17. The second-order valence-electron chi connectivity index (χ2n) is 7.45. The highest BCUT2D eigenvalue weighted by atomic mass is 16.6. The molecule has 7 nitrogen and oxygen atoms in total. The molecule has 0 aliphatic heterocycles. The van der Waals surface area contributed by atoms with Crippen LogP contribution in [0.1, 0.15) is 31.9 Å². The minimum atomic E-state index is -0.689. The van der Waals surface area contributed by atoms with Crippen molar-refractivity contribution in [3.63, 3.8) is 0 Å². The summed E-state index contributed by atoms with van der Waals surface area (Å²) in [6, 6.07) is 16.6. The Morgan fingerprint density at radius 2 is 1.52 bits per heavy atom. The zero-order chi connectivity index (χ0) is 21.4. The van der Waals surface area contributed by atoms with Crippen LogP contribution in [0.25, 0.3) is 0 Å². The van der Waals surface area contributed by atoms with Crippen molar-refractivity contribution in [1.82, 2.24) is 10.0 Å². The maximum atomic E-state index is 12.8. The fourth-order valence-corrected chi connectivity index (χ4v) is 2.42. The molecule has 0 aliphatic carbocycles. The third-order valence-corrected chi connectivity index (χ3v) is 3.93. The molecule has 2 aromatic rings. The van der Waals surface area contributed by atoms with Gasteiger partial charge >= 0.3 is 12.2 Å². The average Bonchev–Trinajstić information content (AvgIpc) is 2.69. The number of hydrogen-bond donors (Lipinski definition) is 0. The Bertz CT molecular complexity index is 800. The van der Waals surface area contributed by atoms with Crippen LogP contribution in [-0.2, 0) is 22.6 Å². The number of rotatable bonds is 5. The largest absolute Gasteiger partial charge is 0.497 e. The molecule has 0 radical (unpaired) electrons. The van der Waals surface area contributed by atoms with E-state index in [0.29, 0.717) is 5.75 Å². The molecule has 156 valence electrons. The van der Waals surface area contributed by atoms with Crippen LogP contribution in [0.4, 0.5) is 9.59 Å². The molecule has 29 heavy (non-hydrogen) atoms. The van der Waals surface area contributed by atoms with E-state index >= 15 is 0 Å². The first kappa shape index (κ1) is 22.1. The van der Waals surface area contributed by atoms with Gasteiger partial charge in [0.2, 0.25) is 0 Å². The minimum absolute atomic E-state index is 0.0982. The van der Waals surface area contributed by atoms with Gasteiger partial charge in [-0.05, 0) is 44.0 Å². The summed E-state index contributed by atoms with van der Waals surface area (Å²) in [5, 5.41) is 2.33. The Kier molecular flexibility index (Phi) is 7.47. The van der Waals surface area contributed by atoms with Crippen molar-refractivity contribution in [2.45, 2.75) is 39.5 Å². The Balaban J connectivity index is 2.16. The molecule has 0 N–H and O–H groups in total. The molecule has 0 saturated carbocycles. The predicted octanol–water partition coefficient (Wildman–Crippen LogP) is 4.62. The van der Waals surface area contributed by atoms with Crippen LogP contribution in [-0.4, -0.2) is 42.0 Å². The molecule has 0 heterocycles. The van der Waals surface area contributed by atoms with E-state index in [4.69, 9.17) is 14.2 Å². The molecule has 0 fully saturated rings. The summed E-state index contributed by atoms with van der Waals surface area (Å²) in [4.78, 5) is 25.3. The summed E-state index contributed by atoms with van der Waals surface area (Å²) in [5.41, 5.74) is 0.966. The lowest BCUT2D eigenvalue weighted by Crippen LogP contribution is -2.48. The van der Waals surface area contributed by atoms with E-state index in [2.05, 4.69) is 0 Å². The van der Waals surface area contributed by atoms with Gasteiger partial charge < -0.3 is 14.2 Å². The van der Waals surface area contributed by atoms with Gasteiger partial charge in [0.25, 0.3) is 0 Å². The zero-order valence-corrected chi connectivity index (χ0v) is 17.5. The summed E-state index contributed by atoms with van der Waals surface area (Å²) in [7, 11) is 3.06. The van der Waals surface area contributed by atoms with Crippen LogP contribution in [0.3, 0.4) is 0 Å². The summed E-state index contributed by atoms with van der Waals surface area (Å²) in [6.45, 7) is 5.52. The molecule has 0 bridgehead atoms. The SMILES string of the molecule is COc1ccc(CN(C(=O)OCc2ccccc2)N(C)C(=O)OC(C)(C)C)cc1. The van der Waals surface area contributed by atoms with Crippen LogP contribution in [0, 0.1) is 0 Å². The van der Waals surface area contributed by atoms with Gasteiger partial charge in [-0.15, -0.1) is 0 Å². The topological polar surface area (TPSA) is 68.3 Å². The monoisotopic (exact) mass is 400 g/mol. The molecular formula is C22H28N2O5. The molecule has 0 aromatic heterocycles. The smallest absolute Gasteiger partial charge is 0.429 e. The van der Waals surface area contributed by atoms with E-state index in [1.165, 1.54) is 12.1 Å². The van der Waals surface area contributed by atoms with Gasteiger partial charge in [-0.1, -0.05) is 42.5 Å². The maximum Gasteiger partial charge on any atom is 0.429 e. The molecule has 2 rings (SSSR count). The minimum Gasteiger partial charge on any atom is -0.497 e. The van der Waals surface area contributed by atoms with Crippen molar-refractivity contribution in [1.29, 1.82) is 0 Å². The van der Waals surface area contributed by atoms with Crippen molar-refractivity contribution in [2.24, 2.45) is 0 Å². The summed E-state index contributed by atoms with van der Waals surface area (Å²) >= 11 is 0. The number of carbonyl (C=O) groups excluding carboxylic acids is 2. The molecule has 2 aromatic carbocycles. The fourth-order valence-electron chi connectivity index (χ4n) is 2.42. The quantitative estimate of drug-likeness (QED) is 0.685. The Morgan fingerprint density at radius 3 is 2.07 bits per heavy atom. The highest BCUT2D eigenvalue weighted by Gasteiger charge is 2.28. The molecule has 0 unspecified atom stereocenters. The number of nitrogens with zero attached hydrogens (tertiary/aromatic N) is 2. The van der Waals surface area contributed by atoms with E-state index in [1.54, 1.807) is 40.0 Å². The van der Waals surface area contributed by atoms with Crippen molar-refractivity contribution in [3.8, 4) is 5.75 Å². The lowest BCUT2D eigenvalue weighted by molar-refractivity contribution is -0.0400. The van der Waals surface area contributed by atoms with Gasteiger partial charge in [0.05, 0.1) is 13.7 Å². The lowest BCUT2D eigenvalue weighted by Gasteiger charge is -2.32. The normalized spacial score (nSPS) is 10.8. The van der Waals surface area contributed by atoms with Crippen LogP contribution in [0.5, 0.6) is 5.75 Å². The van der Waals surface area contributed by atoms with Gasteiger partial charge in [-0.25, -0.2) is 19.6 Å². The standard InChI is InChI=1S/C22H28N2O5/c1-22(2,3)29-20(25)23(4)24(15-17-11-13-19(27-5)14-12-17)21(26)28-16-18-9-7-6-8-10-18/h6-14H,15-16H2,1-5H3. The number of methoxy groups -OCH3 is 1. The summed E-state index contributed by atoms with van der Waals surface area (Å²) < 4.78 is 16.0. The Hall–Kier alpha value is -3.22. The third-order valence-electron chi connectivity index (χ3n) is 3.93. The van der Waals surface area contributed by atoms with Crippen LogP contribution in [0.2, 0.25) is 0 Å². The summed E-state index contributed by atoms with van der Waals surface area (Å²) in [6.07, 6.45) is -1.30. The van der Waals surface area contributed by atoms with Crippen molar-refractivity contribution in [2.75, 3.05) is 14.2 Å². The summed E-state index contributed by atoms with van der Waals surface area (Å²) in [5.74, 6) is 0.701. The molecule has 0 saturated heterocycles. The van der Waals surface area contributed by atoms with Gasteiger partial charge in [0.1, 0.15) is 18.0 Å². The molecular weight excluding hydrogens is 372 g/mol. The van der Waals surface area contributed by atoms with Crippen LogP contribution in [0.15, 0.2) is 54.6 Å². The van der Waals surface area contributed by atoms with Crippen LogP contribution < -0.4 is 4.74 Å². The molecule has 0 atom stereocenters. The van der Waals surface area contributed by atoms with Gasteiger partial charge in [-0.3, -0.25) is 0 Å². The van der Waals surface area contributed by atoms with E-state index in [0.717, 1.165) is 16.1 Å². The van der Waals surface area contributed by atoms with E-state index in [9.17, 15) is 9.59 Å². The zero-order valence-electron chi connectivity index (χ0n) is 17.5. The fraction of sp³-hybridized carbons (Fsp3) is 0.364. The number of ether oxygens (including phenoxy) is 3. The highest BCUT2D eigenvalue weighted by molar-refractivity contribution is 5.74. The predicted molar refractivity (Wildman–Crippen MR) is 109 cm³/mol. The lowest BCUT2D eigenvalue weighted by atomic mass is 10.2. The van der Waals surface area contributed by atoms with Gasteiger partial charge in [0.15, 0.2) is 0 Å². The van der Waals surface area contributed by atoms with Gasteiger partial charge in [-0.2, -0.15) is 0 Å². The van der Waals surface area contributed by atoms with Crippen molar-refractivity contribution >= 4 is 12.2 Å². The van der Waals surface area contributed by atoms with Crippen molar-refractivity contribution in [3.05, 3.63) is 65.7 Å². The van der Waals surface area contributed by atoms with E-state index < -0.39 is 17.8 Å². The molecule has 2 amide bonds. The first-order chi connectivity index (χ1) is 13.7. The Morgan fingerprint density at radius 1 is 0.897 bits per heavy atom. The van der Waals surface area contributed by atoms with Crippen molar-refractivity contribution < 1.29 is 23.8 Å². The van der Waals surface area contributed by atoms with E-state index in [-0.39, 0.29) is 13.2 Å².